The van der Waals surface area contributed by atoms with Crippen LogP contribution < -0.4 is 5.32 Å². The molecule has 3 rings (SSSR count). The van der Waals surface area contributed by atoms with Crippen LogP contribution in [0.2, 0.25) is 0 Å². The molecule has 0 bridgehead atoms. The van der Waals surface area contributed by atoms with E-state index in [1.165, 1.54) is 7.11 Å². The third kappa shape index (κ3) is 4.02. The lowest BCUT2D eigenvalue weighted by Gasteiger charge is -2.16. The monoisotopic (exact) mass is 323 g/mol. The predicted octanol–water partition coefficient (Wildman–Crippen LogP) is 2.96. The summed E-state index contributed by atoms with van der Waals surface area (Å²) in [5.74, 6) is -0.389. The van der Waals surface area contributed by atoms with E-state index in [9.17, 15) is 9.59 Å². The number of carbonyl (C=O) groups excluding carboxylic acids is 2. The minimum atomic E-state index is -0.634. The molecule has 0 radical (unpaired) electrons. The van der Waals surface area contributed by atoms with Gasteiger partial charge in [0.2, 0.25) is 5.91 Å². The van der Waals surface area contributed by atoms with Gasteiger partial charge in [-0.2, -0.15) is 0 Å². The SMILES string of the molecule is COC(=O)[C@H](Cc1ccc(-c2ccccc2)cc1)NC(=O)C1CC1. The maximum atomic E-state index is 11.9. The van der Waals surface area contributed by atoms with Crippen molar-refractivity contribution in [1.29, 1.82) is 0 Å². The van der Waals surface area contributed by atoms with Gasteiger partial charge < -0.3 is 10.1 Å². The molecule has 2 aromatic rings. The summed E-state index contributed by atoms with van der Waals surface area (Å²) in [6.45, 7) is 0. The number of benzene rings is 2. The van der Waals surface area contributed by atoms with E-state index in [0.29, 0.717) is 6.42 Å². The molecule has 0 spiro atoms. The first-order valence-electron chi connectivity index (χ1n) is 8.20. The van der Waals surface area contributed by atoms with Crippen LogP contribution in [0.15, 0.2) is 54.6 Å². The second-order valence-electron chi connectivity index (χ2n) is 6.13. The number of amides is 1. The molecule has 0 aromatic heterocycles. The number of hydrogen-bond acceptors (Lipinski definition) is 3. The molecule has 0 unspecified atom stereocenters. The summed E-state index contributed by atoms with van der Waals surface area (Å²) in [7, 11) is 1.34. The van der Waals surface area contributed by atoms with Gasteiger partial charge in [-0.25, -0.2) is 4.79 Å². The molecule has 1 aliphatic carbocycles. The second kappa shape index (κ2) is 7.30. The molecule has 1 saturated carbocycles. The van der Waals surface area contributed by atoms with E-state index < -0.39 is 12.0 Å². The minimum Gasteiger partial charge on any atom is -0.467 e. The lowest BCUT2D eigenvalue weighted by molar-refractivity contribution is -0.145. The summed E-state index contributed by atoms with van der Waals surface area (Å²) < 4.78 is 4.82. The van der Waals surface area contributed by atoms with Crippen LogP contribution in [0, 0.1) is 5.92 Å². The Hall–Kier alpha value is -2.62. The van der Waals surface area contributed by atoms with E-state index >= 15 is 0 Å². The summed E-state index contributed by atoms with van der Waals surface area (Å²) in [5.41, 5.74) is 3.26. The van der Waals surface area contributed by atoms with Crippen LogP contribution in [0.25, 0.3) is 11.1 Å². The minimum absolute atomic E-state index is 0.0497. The van der Waals surface area contributed by atoms with Crippen molar-refractivity contribution in [1.82, 2.24) is 5.32 Å². The maximum absolute atomic E-state index is 11.9. The highest BCUT2D eigenvalue weighted by atomic mass is 16.5. The zero-order valence-corrected chi connectivity index (χ0v) is 13.7. The van der Waals surface area contributed by atoms with Crippen LogP contribution in [0.3, 0.4) is 0 Å². The van der Waals surface area contributed by atoms with Crippen molar-refractivity contribution in [3.8, 4) is 11.1 Å². The fraction of sp³-hybridized carbons (Fsp3) is 0.300. The van der Waals surface area contributed by atoms with E-state index in [-0.39, 0.29) is 11.8 Å². The molecule has 1 N–H and O–H groups in total. The Bertz CT molecular complexity index is 705. The molecule has 2 aromatic carbocycles. The van der Waals surface area contributed by atoms with Gasteiger partial charge in [0.15, 0.2) is 0 Å². The molecule has 124 valence electrons. The van der Waals surface area contributed by atoms with Gasteiger partial charge in [0.05, 0.1) is 7.11 Å². The molecule has 1 atom stereocenters. The van der Waals surface area contributed by atoms with E-state index in [4.69, 9.17) is 4.74 Å². The molecule has 1 amide bonds. The summed E-state index contributed by atoms with van der Waals surface area (Å²) >= 11 is 0. The number of nitrogens with one attached hydrogen (secondary N) is 1. The summed E-state index contributed by atoms with van der Waals surface area (Å²) in [5, 5.41) is 2.81. The first kappa shape index (κ1) is 16.2. The molecular formula is C20H21NO3. The molecule has 1 aliphatic rings. The van der Waals surface area contributed by atoms with Crippen molar-refractivity contribution in [2.24, 2.45) is 5.92 Å². The summed E-state index contributed by atoms with van der Waals surface area (Å²) in [6, 6.07) is 17.5. The van der Waals surface area contributed by atoms with Crippen LogP contribution >= 0.6 is 0 Å². The first-order chi connectivity index (χ1) is 11.7. The van der Waals surface area contributed by atoms with Crippen molar-refractivity contribution in [2.75, 3.05) is 7.11 Å². The number of hydrogen-bond donors (Lipinski definition) is 1. The topological polar surface area (TPSA) is 55.4 Å². The highest BCUT2D eigenvalue weighted by Gasteiger charge is 2.32. The fourth-order valence-electron chi connectivity index (χ4n) is 2.67. The fourth-order valence-corrected chi connectivity index (χ4v) is 2.67. The highest BCUT2D eigenvalue weighted by molar-refractivity contribution is 5.87. The smallest absolute Gasteiger partial charge is 0.328 e. The van der Waals surface area contributed by atoms with Crippen LogP contribution in [-0.2, 0) is 20.7 Å². The number of rotatable bonds is 6. The van der Waals surface area contributed by atoms with Crippen molar-refractivity contribution < 1.29 is 14.3 Å². The Labute approximate surface area is 141 Å². The molecular weight excluding hydrogens is 302 g/mol. The summed E-state index contributed by atoms with van der Waals surface area (Å²) in [6.07, 6.45) is 2.25. The van der Waals surface area contributed by atoms with Gasteiger partial charge >= 0.3 is 5.97 Å². The molecule has 0 heterocycles. The first-order valence-corrected chi connectivity index (χ1v) is 8.20. The third-order valence-corrected chi connectivity index (χ3v) is 4.25. The highest BCUT2D eigenvalue weighted by Crippen LogP contribution is 2.29. The third-order valence-electron chi connectivity index (χ3n) is 4.25. The quantitative estimate of drug-likeness (QED) is 0.832. The summed E-state index contributed by atoms with van der Waals surface area (Å²) in [4.78, 5) is 23.9. The average Bonchev–Trinajstić information content (AvgIpc) is 3.47. The Morgan fingerprint density at radius 2 is 1.67 bits per heavy atom. The molecule has 0 saturated heterocycles. The number of ether oxygens (including phenoxy) is 1. The van der Waals surface area contributed by atoms with E-state index in [2.05, 4.69) is 17.4 Å². The predicted molar refractivity (Wildman–Crippen MR) is 92.3 cm³/mol. The molecule has 0 aliphatic heterocycles. The largest absolute Gasteiger partial charge is 0.467 e. The lowest BCUT2D eigenvalue weighted by Crippen LogP contribution is -2.43. The van der Waals surface area contributed by atoms with Gasteiger partial charge in [-0.15, -0.1) is 0 Å². The van der Waals surface area contributed by atoms with Crippen LogP contribution in [0.5, 0.6) is 0 Å². The van der Waals surface area contributed by atoms with E-state index in [1.54, 1.807) is 0 Å². The zero-order chi connectivity index (χ0) is 16.9. The Kier molecular flexibility index (Phi) is 4.94. The van der Waals surface area contributed by atoms with Gasteiger partial charge in [-0.1, -0.05) is 54.6 Å². The number of methoxy groups -OCH3 is 1. The Morgan fingerprint density at radius 1 is 1.04 bits per heavy atom. The number of carbonyl (C=O) groups is 2. The van der Waals surface area contributed by atoms with Gasteiger partial charge in [0.1, 0.15) is 6.04 Å². The lowest BCUT2D eigenvalue weighted by atomic mass is 10.0. The second-order valence-corrected chi connectivity index (χ2v) is 6.13. The van der Waals surface area contributed by atoms with Crippen LogP contribution in [-0.4, -0.2) is 25.0 Å². The average molecular weight is 323 g/mol. The Balaban J connectivity index is 1.69. The molecule has 24 heavy (non-hydrogen) atoms. The van der Waals surface area contributed by atoms with E-state index in [1.807, 2.05) is 42.5 Å². The maximum Gasteiger partial charge on any atom is 0.328 e. The number of esters is 1. The molecule has 4 heteroatoms. The van der Waals surface area contributed by atoms with Crippen LogP contribution in [0.1, 0.15) is 18.4 Å². The van der Waals surface area contributed by atoms with Crippen molar-refractivity contribution in [3.63, 3.8) is 0 Å². The van der Waals surface area contributed by atoms with Gasteiger partial charge in [-0.3, -0.25) is 4.79 Å². The van der Waals surface area contributed by atoms with Gasteiger partial charge in [-0.05, 0) is 29.5 Å². The Morgan fingerprint density at radius 3 is 2.25 bits per heavy atom. The zero-order valence-electron chi connectivity index (χ0n) is 13.7. The van der Waals surface area contributed by atoms with Gasteiger partial charge in [0.25, 0.3) is 0 Å². The normalized spacial score (nSPS) is 14.7. The van der Waals surface area contributed by atoms with Crippen molar-refractivity contribution in [2.45, 2.75) is 25.3 Å². The molecule has 1 fully saturated rings. The van der Waals surface area contributed by atoms with Crippen molar-refractivity contribution >= 4 is 11.9 Å². The van der Waals surface area contributed by atoms with Gasteiger partial charge in [0, 0.05) is 12.3 Å². The standard InChI is InChI=1S/C20H21NO3/c1-24-20(23)18(21-19(22)17-11-12-17)13-14-7-9-16(10-8-14)15-5-3-2-4-6-15/h2-10,17-18H,11-13H2,1H3,(H,21,22)/t18-/m0/s1. The van der Waals surface area contributed by atoms with Crippen LogP contribution in [0.4, 0.5) is 0 Å². The van der Waals surface area contributed by atoms with Crippen molar-refractivity contribution in [3.05, 3.63) is 60.2 Å². The van der Waals surface area contributed by atoms with E-state index in [0.717, 1.165) is 29.5 Å². The molecule has 4 nitrogen and oxygen atoms in total.